The molecule has 0 spiro atoms. The average molecular weight is 582 g/mol. The average Bonchev–Trinajstić information content (AvgIpc) is 3.46. The molecule has 6 nitrogen and oxygen atoms in total. The first-order valence-corrected chi connectivity index (χ1v) is 15.2. The first-order chi connectivity index (χ1) is 21.4. The molecular formula is C38H35N3O3-2. The summed E-state index contributed by atoms with van der Waals surface area (Å²) < 4.78 is 1.43. The zero-order valence-electron chi connectivity index (χ0n) is 24.9. The van der Waals surface area contributed by atoms with Gasteiger partial charge in [0.2, 0.25) is 0 Å². The number of likely N-dealkylation sites (N-methyl/N-ethyl adjacent to an activating group) is 1. The molecule has 1 aromatic heterocycles. The molecule has 0 saturated heterocycles. The molecule has 0 radical (unpaired) electrons. The molecule has 1 aliphatic carbocycles. The van der Waals surface area contributed by atoms with Crippen LogP contribution in [-0.4, -0.2) is 29.0 Å². The molecule has 4 aromatic carbocycles. The van der Waals surface area contributed by atoms with Crippen LogP contribution >= 0.6 is 0 Å². The zero-order valence-corrected chi connectivity index (χ0v) is 24.9. The maximum absolute atomic E-state index is 14.0. The van der Waals surface area contributed by atoms with Crippen molar-refractivity contribution in [2.75, 3.05) is 11.9 Å². The van der Waals surface area contributed by atoms with Gasteiger partial charge in [-0.25, -0.2) is 4.68 Å². The maximum atomic E-state index is 14.0. The van der Waals surface area contributed by atoms with Crippen LogP contribution in [0.1, 0.15) is 33.9 Å². The Hall–Kier alpha value is -4.65. The van der Waals surface area contributed by atoms with Gasteiger partial charge in [0, 0.05) is 35.1 Å². The van der Waals surface area contributed by atoms with Gasteiger partial charge in [-0.05, 0) is 66.5 Å². The minimum atomic E-state index is -1.22. The van der Waals surface area contributed by atoms with Crippen molar-refractivity contribution in [1.29, 1.82) is 0 Å². The van der Waals surface area contributed by atoms with Crippen LogP contribution in [-0.2, 0) is 18.3 Å². The quantitative estimate of drug-likeness (QED) is 0.309. The largest absolute Gasteiger partial charge is 0.851 e. The third-order valence-corrected chi connectivity index (χ3v) is 9.61. The fourth-order valence-electron chi connectivity index (χ4n) is 7.47. The Morgan fingerprint density at radius 1 is 0.773 bits per heavy atom. The van der Waals surface area contributed by atoms with E-state index in [1.165, 1.54) is 21.4 Å². The number of anilines is 1. The highest BCUT2D eigenvalue weighted by Crippen LogP contribution is 2.53. The van der Waals surface area contributed by atoms with Gasteiger partial charge >= 0.3 is 0 Å². The lowest BCUT2D eigenvalue weighted by atomic mass is 9.63. The second kappa shape index (κ2) is 11.1. The smallest absolute Gasteiger partial charge is 0.274 e. The molecule has 2 unspecified atom stereocenters. The number of para-hydroxylation sites is 2. The van der Waals surface area contributed by atoms with Crippen molar-refractivity contribution in [2.24, 2.45) is 5.92 Å². The molecule has 1 aliphatic heterocycles. The molecule has 222 valence electrons. The molecule has 2 heterocycles. The molecule has 0 bridgehead atoms. The molecule has 1 fully saturated rings. The van der Waals surface area contributed by atoms with Gasteiger partial charge in [-0.3, -0.25) is 9.89 Å². The van der Waals surface area contributed by atoms with Gasteiger partial charge in [0.25, 0.3) is 5.56 Å². The standard InChI is InChI=1S/C38H35N3O3/c1-25-33(37(44)41(39-25)28-18-10-5-11-19-28)34-35(42)29(36(34)43)22-32-38(23-26-14-6-3-7-15-26,24-27-16-8-4-9-17-27)30-20-12-13-21-31(30)40(32)2/h3-22,29,34-36,39H,23-24H2,1-2H3/q-2. The summed E-state index contributed by atoms with van der Waals surface area (Å²) in [6, 6.07) is 38.5. The maximum Gasteiger partial charge on any atom is 0.274 e. The number of hydrogen-bond donors (Lipinski definition) is 1. The summed E-state index contributed by atoms with van der Waals surface area (Å²) >= 11 is 0. The van der Waals surface area contributed by atoms with E-state index in [1.54, 1.807) is 6.92 Å². The van der Waals surface area contributed by atoms with Crippen molar-refractivity contribution >= 4 is 5.69 Å². The summed E-state index contributed by atoms with van der Waals surface area (Å²) in [7, 11) is 2.03. The molecule has 2 atom stereocenters. The second-order valence-electron chi connectivity index (χ2n) is 12.2. The van der Waals surface area contributed by atoms with E-state index in [4.69, 9.17) is 0 Å². The normalized spacial score (nSPS) is 23.0. The number of aromatic nitrogens is 2. The van der Waals surface area contributed by atoms with Crippen LogP contribution < -0.4 is 20.7 Å². The number of aromatic amines is 1. The SMILES string of the molecule is Cc1[nH]n(-c2ccccc2)c(=O)c1C1C([O-])C(C=C2N(C)c3ccccc3C2(Cc2ccccc2)Cc2ccccc2)C1[O-]. The highest BCUT2D eigenvalue weighted by Gasteiger charge is 2.48. The highest BCUT2D eigenvalue weighted by atomic mass is 16.3. The molecule has 1 N–H and O–H groups in total. The van der Waals surface area contributed by atoms with Crippen LogP contribution in [0.2, 0.25) is 0 Å². The van der Waals surface area contributed by atoms with E-state index < -0.39 is 29.5 Å². The molecule has 6 heteroatoms. The Kier molecular flexibility index (Phi) is 7.11. The van der Waals surface area contributed by atoms with E-state index in [0.717, 1.165) is 24.2 Å². The highest BCUT2D eigenvalue weighted by molar-refractivity contribution is 5.71. The van der Waals surface area contributed by atoms with Gasteiger partial charge in [0.15, 0.2) is 0 Å². The minimum Gasteiger partial charge on any atom is -0.851 e. The lowest BCUT2D eigenvalue weighted by molar-refractivity contribution is -0.543. The first-order valence-electron chi connectivity index (χ1n) is 15.2. The zero-order chi connectivity index (χ0) is 30.4. The molecule has 2 aliphatic rings. The van der Waals surface area contributed by atoms with E-state index in [2.05, 4.69) is 76.7 Å². The number of benzene rings is 4. The number of allylic oxidation sites excluding steroid dienone is 1. The van der Waals surface area contributed by atoms with E-state index in [1.807, 2.05) is 61.7 Å². The molecule has 1 saturated carbocycles. The predicted molar refractivity (Wildman–Crippen MR) is 170 cm³/mol. The summed E-state index contributed by atoms with van der Waals surface area (Å²) in [5.74, 6) is -1.66. The lowest BCUT2D eigenvalue weighted by Gasteiger charge is -2.60. The Balaban J connectivity index is 1.31. The van der Waals surface area contributed by atoms with Gasteiger partial charge in [0.05, 0.1) is 5.69 Å². The van der Waals surface area contributed by atoms with Crippen molar-refractivity contribution in [3.05, 3.63) is 165 Å². The van der Waals surface area contributed by atoms with Gasteiger partial charge in [-0.2, -0.15) is 0 Å². The Labute approximate surface area is 257 Å². The number of nitrogens with one attached hydrogen (secondary N) is 1. The van der Waals surface area contributed by atoms with Gasteiger partial charge in [-0.15, -0.1) is 12.2 Å². The van der Waals surface area contributed by atoms with Crippen molar-refractivity contribution in [3.8, 4) is 5.69 Å². The first kappa shape index (κ1) is 28.1. The van der Waals surface area contributed by atoms with Crippen LogP contribution in [0, 0.1) is 12.8 Å². The van der Waals surface area contributed by atoms with Gasteiger partial charge in [-0.1, -0.05) is 103 Å². The topological polar surface area (TPSA) is 87.1 Å². The number of H-pyrrole nitrogens is 1. The second-order valence-corrected chi connectivity index (χ2v) is 12.2. The fraction of sp³-hybridized carbons (Fsp3) is 0.237. The van der Waals surface area contributed by atoms with E-state index >= 15 is 0 Å². The Bertz CT molecular complexity index is 1810. The summed E-state index contributed by atoms with van der Waals surface area (Å²) in [5.41, 5.74) is 6.38. The number of fused-ring (bicyclic) bond motifs is 1. The number of nitrogens with zero attached hydrogens (tertiary/aromatic N) is 2. The molecule has 7 rings (SSSR count). The van der Waals surface area contributed by atoms with Crippen LogP contribution in [0.15, 0.2) is 132 Å². The number of hydrogen-bond acceptors (Lipinski definition) is 4. The molecule has 44 heavy (non-hydrogen) atoms. The van der Waals surface area contributed by atoms with Crippen LogP contribution in [0.4, 0.5) is 5.69 Å². The van der Waals surface area contributed by atoms with Crippen molar-refractivity contribution in [2.45, 2.75) is 43.3 Å². The number of aryl methyl sites for hydroxylation is 1. The van der Waals surface area contributed by atoms with Crippen molar-refractivity contribution in [1.82, 2.24) is 9.78 Å². The van der Waals surface area contributed by atoms with Crippen molar-refractivity contribution in [3.63, 3.8) is 0 Å². The van der Waals surface area contributed by atoms with Crippen LogP contribution in [0.5, 0.6) is 0 Å². The summed E-state index contributed by atoms with van der Waals surface area (Å²) in [5, 5.41) is 31.0. The van der Waals surface area contributed by atoms with Gasteiger partial charge < -0.3 is 15.1 Å². The Morgan fingerprint density at radius 2 is 1.30 bits per heavy atom. The fourth-order valence-corrected chi connectivity index (χ4v) is 7.47. The van der Waals surface area contributed by atoms with Crippen molar-refractivity contribution < 1.29 is 10.2 Å². The minimum absolute atomic E-state index is 0.311. The summed E-state index contributed by atoms with van der Waals surface area (Å²) in [6.45, 7) is 1.77. The third kappa shape index (κ3) is 4.53. The summed E-state index contributed by atoms with van der Waals surface area (Å²) in [6.07, 6.45) is 0.949. The third-order valence-electron chi connectivity index (χ3n) is 9.61. The lowest BCUT2D eigenvalue weighted by Crippen LogP contribution is -2.65. The predicted octanol–water partition coefficient (Wildman–Crippen LogP) is 4.40. The molecule has 0 amide bonds. The van der Waals surface area contributed by atoms with Crippen LogP contribution in [0.3, 0.4) is 0 Å². The molecular weight excluding hydrogens is 546 g/mol. The molecule has 5 aromatic rings. The van der Waals surface area contributed by atoms with E-state index in [9.17, 15) is 15.0 Å². The summed E-state index contributed by atoms with van der Waals surface area (Å²) in [4.78, 5) is 15.7. The number of rotatable bonds is 7. The Morgan fingerprint density at radius 3 is 1.89 bits per heavy atom. The monoisotopic (exact) mass is 581 g/mol. The van der Waals surface area contributed by atoms with E-state index in [-0.39, 0.29) is 5.56 Å². The van der Waals surface area contributed by atoms with E-state index in [0.29, 0.717) is 16.9 Å². The van der Waals surface area contributed by atoms with Crippen LogP contribution in [0.25, 0.3) is 5.69 Å². The van der Waals surface area contributed by atoms with Gasteiger partial charge in [0.1, 0.15) is 0 Å².